The lowest BCUT2D eigenvalue weighted by Gasteiger charge is -2.14. The van der Waals surface area contributed by atoms with Crippen molar-refractivity contribution in [2.45, 2.75) is 13.8 Å². The number of halogens is 1. The molecule has 1 nitrogen and oxygen atoms in total. The number of hydrogen-bond donors (Lipinski definition) is 0. The van der Waals surface area contributed by atoms with E-state index in [0.717, 1.165) is 18.1 Å². The molecule has 0 saturated heterocycles. The van der Waals surface area contributed by atoms with Crippen LogP contribution in [0.4, 0.5) is 0 Å². The third-order valence-electron chi connectivity index (χ3n) is 2.16. The maximum Gasteiger partial charge on any atom is 0.0406 e. The lowest BCUT2D eigenvalue weighted by Crippen LogP contribution is -2.14. The van der Waals surface area contributed by atoms with E-state index in [1.807, 2.05) is 24.3 Å². The minimum absolute atomic E-state index is 0.782. The fraction of sp³-hybridized carbons (Fsp3) is 0.333. The van der Waals surface area contributed by atoms with E-state index in [1.165, 1.54) is 5.56 Å². The first-order valence-corrected chi connectivity index (χ1v) is 5.32. The maximum atomic E-state index is 5.79. The first kappa shape index (κ1) is 11.1. The van der Waals surface area contributed by atoms with Gasteiger partial charge in [0.25, 0.3) is 0 Å². The molecule has 0 amide bonds. The van der Waals surface area contributed by atoms with Gasteiger partial charge < -0.3 is 4.90 Å². The topological polar surface area (TPSA) is 3.24 Å². The van der Waals surface area contributed by atoms with Gasteiger partial charge in [0.2, 0.25) is 0 Å². The molecule has 0 aromatic heterocycles. The van der Waals surface area contributed by atoms with Crippen molar-refractivity contribution >= 4 is 17.7 Å². The first-order chi connectivity index (χ1) is 6.76. The van der Waals surface area contributed by atoms with Crippen LogP contribution in [0.3, 0.4) is 0 Å². The Bertz CT molecular complexity index is 286. The molecule has 0 N–H and O–H groups in total. The summed E-state index contributed by atoms with van der Waals surface area (Å²) >= 11 is 5.79. The normalized spacial score (nSPS) is 10.8. The third kappa shape index (κ3) is 3.43. The molecule has 0 aliphatic carbocycles. The van der Waals surface area contributed by atoms with Gasteiger partial charge in [0.1, 0.15) is 0 Å². The second kappa shape index (κ2) is 5.71. The van der Waals surface area contributed by atoms with Gasteiger partial charge in [0.15, 0.2) is 0 Å². The second-order valence-corrected chi connectivity index (χ2v) is 3.52. The molecule has 2 heteroatoms. The molecule has 0 heterocycles. The molecule has 0 saturated carbocycles. The molecule has 1 rings (SSSR count). The minimum Gasteiger partial charge on any atom is -0.378 e. The van der Waals surface area contributed by atoms with Crippen LogP contribution < -0.4 is 0 Å². The quantitative estimate of drug-likeness (QED) is 0.732. The van der Waals surface area contributed by atoms with E-state index >= 15 is 0 Å². The van der Waals surface area contributed by atoms with Crippen LogP contribution in [0, 0.1) is 0 Å². The maximum absolute atomic E-state index is 5.79. The molecule has 0 atom stereocenters. The van der Waals surface area contributed by atoms with E-state index in [0.29, 0.717) is 0 Å². The van der Waals surface area contributed by atoms with E-state index < -0.39 is 0 Å². The van der Waals surface area contributed by atoms with Gasteiger partial charge in [-0.15, -0.1) is 0 Å². The van der Waals surface area contributed by atoms with E-state index in [4.69, 9.17) is 11.6 Å². The van der Waals surface area contributed by atoms with Crippen LogP contribution in [0.5, 0.6) is 0 Å². The van der Waals surface area contributed by atoms with Crippen molar-refractivity contribution in [2.75, 3.05) is 13.1 Å². The van der Waals surface area contributed by atoms with Gasteiger partial charge in [0.05, 0.1) is 0 Å². The summed E-state index contributed by atoms with van der Waals surface area (Å²) in [4.78, 5) is 2.24. The molecule has 1 aromatic carbocycles. The summed E-state index contributed by atoms with van der Waals surface area (Å²) in [6.07, 6.45) is 4.21. The Hall–Kier alpha value is -0.950. The lowest BCUT2D eigenvalue weighted by molar-refractivity contribution is 0.421. The van der Waals surface area contributed by atoms with Crippen molar-refractivity contribution in [3.8, 4) is 0 Å². The van der Waals surface area contributed by atoms with Gasteiger partial charge in [-0.1, -0.05) is 23.7 Å². The van der Waals surface area contributed by atoms with Gasteiger partial charge >= 0.3 is 0 Å². The number of benzene rings is 1. The van der Waals surface area contributed by atoms with Crippen LogP contribution in [0.2, 0.25) is 5.02 Å². The Balaban J connectivity index is 2.63. The highest BCUT2D eigenvalue weighted by atomic mass is 35.5. The molecule has 0 fully saturated rings. The zero-order valence-corrected chi connectivity index (χ0v) is 9.46. The molecular weight excluding hydrogens is 194 g/mol. The fourth-order valence-electron chi connectivity index (χ4n) is 1.20. The average Bonchev–Trinajstić information content (AvgIpc) is 2.22. The van der Waals surface area contributed by atoms with Gasteiger partial charge in [-0.3, -0.25) is 0 Å². The first-order valence-electron chi connectivity index (χ1n) is 4.94. The van der Waals surface area contributed by atoms with Crippen LogP contribution in [-0.2, 0) is 0 Å². The molecule has 0 radical (unpaired) electrons. The van der Waals surface area contributed by atoms with Gasteiger partial charge in [0, 0.05) is 18.1 Å². The zero-order chi connectivity index (χ0) is 10.4. The lowest BCUT2D eigenvalue weighted by atomic mass is 10.2. The van der Waals surface area contributed by atoms with Crippen molar-refractivity contribution in [1.82, 2.24) is 4.90 Å². The molecule has 1 aromatic rings. The summed E-state index contributed by atoms with van der Waals surface area (Å²) in [6.45, 7) is 6.38. The summed E-state index contributed by atoms with van der Waals surface area (Å²) in [5.41, 5.74) is 1.18. The average molecular weight is 210 g/mol. The van der Waals surface area contributed by atoms with Crippen molar-refractivity contribution in [2.24, 2.45) is 0 Å². The highest BCUT2D eigenvalue weighted by molar-refractivity contribution is 6.30. The molecule has 0 bridgehead atoms. The molecule has 0 spiro atoms. The standard InChI is InChI=1S/C12H16ClN/c1-3-14(4-2)10-9-11-5-7-12(13)8-6-11/h5-10H,3-4H2,1-2H3/b10-9+. The van der Waals surface area contributed by atoms with Gasteiger partial charge in [-0.05, 0) is 43.8 Å². The highest BCUT2D eigenvalue weighted by Crippen LogP contribution is 2.10. The van der Waals surface area contributed by atoms with Gasteiger partial charge in [-0.25, -0.2) is 0 Å². The largest absolute Gasteiger partial charge is 0.378 e. The van der Waals surface area contributed by atoms with E-state index in [-0.39, 0.29) is 0 Å². The second-order valence-electron chi connectivity index (χ2n) is 3.09. The van der Waals surface area contributed by atoms with Crippen LogP contribution in [0.1, 0.15) is 19.4 Å². The van der Waals surface area contributed by atoms with Crippen LogP contribution in [0.25, 0.3) is 6.08 Å². The zero-order valence-electron chi connectivity index (χ0n) is 8.70. The monoisotopic (exact) mass is 209 g/mol. The summed E-state index contributed by atoms with van der Waals surface area (Å²) in [6, 6.07) is 7.84. The third-order valence-corrected chi connectivity index (χ3v) is 2.41. The Kier molecular flexibility index (Phi) is 4.54. The van der Waals surface area contributed by atoms with Crippen LogP contribution >= 0.6 is 11.6 Å². The molecular formula is C12H16ClN. The predicted molar refractivity (Wildman–Crippen MR) is 63.4 cm³/mol. The van der Waals surface area contributed by atoms with Gasteiger partial charge in [-0.2, -0.15) is 0 Å². The highest BCUT2D eigenvalue weighted by Gasteiger charge is 1.90. The predicted octanol–water partition coefficient (Wildman–Crippen LogP) is 3.65. The molecule has 0 aliphatic heterocycles. The smallest absolute Gasteiger partial charge is 0.0406 e. The van der Waals surface area contributed by atoms with E-state index in [2.05, 4.69) is 31.0 Å². The Morgan fingerprint density at radius 2 is 1.71 bits per heavy atom. The van der Waals surface area contributed by atoms with Crippen molar-refractivity contribution in [1.29, 1.82) is 0 Å². The van der Waals surface area contributed by atoms with Crippen LogP contribution in [0.15, 0.2) is 30.5 Å². The Morgan fingerprint density at radius 3 is 2.21 bits per heavy atom. The Labute approximate surface area is 91.0 Å². The van der Waals surface area contributed by atoms with Crippen LogP contribution in [-0.4, -0.2) is 18.0 Å². The summed E-state index contributed by atoms with van der Waals surface area (Å²) in [7, 11) is 0. The summed E-state index contributed by atoms with van der Waals surface area (Å²) in [5.74, 6) is 0. The van der Waals surface area contributed by atoms with Crippen molar-refractivity contribution in [3.05, 3.63) is 41.1 Å². The Morgan fingerprint density at radius 1 is 1.14 bits per heavy atom. The summed E-state index contributed by atoms with van der Waals surface area (Å²) in [5, 5.41) is 0.782. The molecule has 0 aliphatic rings. The fourth-order valence-corrected chi connectivity index (χ4v) is 1.33. The molecule has 76 valence electrons. The van der Waals surface area contributed by atoms with Crippen molar-refractivity contribution < 1.29 is 0 Å². The van der Waals surface area contributed by atoms with Crippen molar-refractivity contribution in [3.63, 3.8) is 0 Å². The summed E-state index contributed by atoms with van der Waals surface area (Å²) < 4.78 is 0. The van der Waals surface area contributed by atoms with E-state index in [9.17, 15) is 0 Å². The number of rotatable bonds is 4. The SMILES string of the molecule is CCN(/C=C/c1ccc(Cl)cc1)CC. The number of hydrogen-bond acceptors (Lipinski definition) is 1. The van der Waals surface area contributed by atoms with E-state index in [1.54, 1.807) is 0 Å². The molecule has 14 heavy (non-hydrogen) atoms. The molecule has 0 unspecified atom stereocenters. The minimum atomic E-state index is 0.782. The number of nitrogens with zero attached hydrogens (tertiary/aromatic N) is 1.